The highest BCUT2D eigenvalue weighted by Crippen LogP contribution is 2.13. The van der Waals surface area contributed by atoms with E-state index in [4.69, 9.17) is 10.00 Å². The summed E-state index contributed by atoms with van der Waals surface area (Å²) in [7, 11) is 2.86. The number of sulfonamides is 1. The summed E-state index contributed by atoms with van der Waals surface area (Å²) >= 11 is 0. The van der Waals surface area contributed by atoms with Crippen LogP contribution in [-0.2, 0) is 14.8 Å². The Morgan fingerprint density at radius 3 is 1.77 bits per heavy atom. The fourth-order valence-electron chi connectivity index (χ4n) is 4.01. The third kappa shape index (κ3) is 28.5. The van der Waals surface area contributed by atoms with Gasteiger partial charge in [0.05, 0.1) is 46.1 Å². The second-order valence-corrected chi connectivity index (χ2v) is 12.9. The molecule has 0 aliphatic carbocycles. The quantitative estimate of drug-likeness (QED) is 0.0958. The third-order valence-electron chi connectivity index (χ3n) is 6.21. The Labute approximate surface area is 235 Å². The normalized spacial score (nSPS) is 12.8. The number of hydrogen-bond donors (Lipinski definition) is 1. The Kier molecular flexibility index (Phi) is 25.9. The van der Waals surface area contributed by atoms with Gasteiger partial charge in [-0.2, -0.15) is 5.26 Å². The molecule has 6 nitrogen and oxygen atoms in total. The lowest BCUT2D eigenvalue weighted by Crippen LogP contribution is -3.00. The van der Waals surface area contributed by atoms with Crippen molar-refractivity contribution in [2.75, 3.05) is 53.2 Å². The molecule has 0 aromatic heterocycles. The van der Waals surface area contributed by atoms with Gasteiger partial charge in [0.15, 0.2) is 0 Å². The molecule has 1 unspecified atom stereocenters. The van der Waals surface area contributed by atoms with Crippen LogP contribution in [0.3, 0.4) is 0 Å². The van der Waals surface area contributed by atoms with E-state index in [9.17, 15) is 8.42 Å². The number of nitrogens with one attached hydrogen (secondary N) is 1. The van der Waals surface area contributed by atoms with Crippen LogP contribution in [0.25, 0.3) is 0 Å². The zero-order valence-electron chi connectivity index (χ0n) is 23.3. The molecule has 8 heteroatoms. The molecule has 0 bridgehead atoms. The van der Waals surface area contributed by atoms with Gasteiger partial charge in [0.2, 0.25) is 10.0 Å². The van der Waals surface area contributed by atoms with E-state index in [1.807, 2.05) is 0 Å². The smallest absolute Gasteiger partial charge is 0.211 e. The number of halogens is 1. The zero-order valence-corrected chi connectivity index (χ0v) is 26.3. The number of hydrogen-bond acceptors (Lipinski definition) is 4. The highest BCUT2D eigenvalue weighted by molar-refractivity contribution is 7.89. The second kappa shape index (κ2) is 24.4. The molecule has 0 saturated carbocycles. The minimum atomic E-state index is -3.30. The molecular formula is C27H56IN3O3S. The first-order valence-corrected chi connectivity index (χ1v) is 15.6. The van der Waals surface area contributed by atoms with Crippen molar-refractivity contribution in [3.8, 4) is 6.07 Å². The van der Waals surface area contributed by atoms with E-state index >= 15 is 0 Å². The van der Waals surface area contributed by atoms with Gasteiger partial charge in [-0.1, -0.05) is 90.4 Å². The van der Waals surface area contributed by atoms with Crippen molar-refractivity contribution in [3.63, 3.8) is 0 Å². The lowest BCUT2D eigenvalue weighted by Gasteiger charge is -2.23. The van der Waals surface area contributed by atoms with Gasteiger partial charge in [-0.3, -0.25) is 0 Å². The lowest BCUT2D eigenvalue weighted by molar-refractivity contribution is -0.870. The summed E-state index contributed by atoms with van der Waals surface area (Å²) in [4.78, 5) is 0. The Balaban J connectivity index is 0. The SMILES string of the molecule is CCCCCCCCCCCCCCCCOCC(CC#N)CNS(=O)(=O)CCC[N+](C)(C)C.[I-]. The molecule has 0 aliphatic rings. The Bertz CT molecular complexity index is 604. The maximum atomic E-state index is 12.2. The summed E-state index contributed by atoms with van der Waals surface area (Å²) in [6, 6.07) is 2.15. The molecule has 210 valence electrons. The van der Waals surface area contributed by atoms with E-state index in [2.05, 4.69) is 38.9 Å². The van der Waals surface area contributed by atoms with E-state index in [0.717, 1.165) is 17.4 Å². The van der Waals surface area contributed by atoms with E-state index in [-0.39, 0.29) is 42.2 Å². The maximum absolute atomic E-state index is 12.2. The molecule has 0 heterocycles. The molecule has 0 fully saturated rings. The van der Waals surface area contributed by atoms with Gasteiger partial charge in [0.1, 0.15) is 0 Å². The molecule has 0 aromatic carbocycles. The second-order valence-electron chi connectivity index (χ2n) is 10.9. The maximum Gasteiger partial charge on any atom is 0.211 e. The van der Waals surface area contributed by atoms with Crippen LogP contribution in [0.2, 0.25) is 0 Å². The predicted molar refractivity (Wildman–Crippen MR) is 144 cm³/mol. The molecule has 1 atom stereocenters. The van der Waals surface area contributed by atoms with E-state index in [0.29, 0.717) is 26.1 Å². The summed E-state index contributed by atoms with van der Waals surface area (Å²) in [6.45, 7) is 4.48. The van der Waals surface area contributed by atoms with Crippen molar-refractivity contribution in [2.24, 2.45) is 5.92 Å². The van der Waals surface area contributed by atoms with Crippen LogP contribution in [0.4, 0.5) is 0 Å². The molecule has 0 aromatic rings. The van der Waals surface area contributed by atoms with Crippen LogP contribution in [0, 0.1) is 17.2 Å². The molecule has 35 heavy (non-hydrogen) atoms. The van der Waals surface area contributed by atoms with Gasteiger partial charge in [0, 0.05) is 31.9 Å². The van der Waals surface area contributed by atoms with Gasteiger partial charge in [-0.05, 0) is 6.42 Å². The number of rotatable bonds is 25. The molecule has 0 radical (unpaired) electrons. The first-order valence-electron chi connectivity index (χ1n) is 13.9. The largest absolute Gasteiger partial charge is 1.00 e. The van der Waals surface area contributed by atoms with E-state index < -0.39 is 10.0 Å². The third-order valence-corrected chi connectivity index (χ3v) is 7.64. The number of nitriles is 1. The highest BCUT2D eigenvalue weighted by Gasteiger charge is 2.17. The molecule has 0 rings (SSSR count). The number of quaternary nitrogens is 1. The Morgan fingerprint density at radius 2 is 1.31 bits per heavy atom. The molecule has 1 N–H and O–H groups in total. The Hall–Kier alpha value is 0.0500. The van der Waals surface area contributed by atoms with Crippen LogP contribution in [0.15, 0.2) is 0 Å². The van der Waals surface area contributed by atoms with Crippen molar-refractivity contribution in [2.45, 2.75) is 110 Å². The predicted octanol–water partition coefficient (Wildman–Crippen LogP) is 3.03. The molecular weight excluding hydrogens is 573 g/mol. The summed E-state index contributed by atoms with van der Waals surface area (Å²) < 4.78 is 33.6. The van der Waals surface area contributed by atoms with Gasteiger partial charge in [-0.15, -0.1) is 0 Å². The van der Waals surface area contributed by atoms with Gasteiger partial charge in [0.25, 0.3) is 0 Å². The summed E-state index contributed by atoms with van der Waals surface area (Å²) in [5.41, 5.74) is 0. The monoisotopic (exact) mass is 629 g/mol. The van der Waals surface area contributed by atoms with Crippen LogP contribution in [0.1, 0.15) is 110 Å². The number of unbranched alkanes of at least 4 members (excludes halogenated alkanes) is 13. The molecule has 0 amide bonds. The fraction of sp³-hybridized carbons (Fsp3) is 0.963. The first kappa shape index (κ1) is 37.2. The lowest BCUT2D eigenvalue weighted by atomic mass is 10.0. The average Bonchev–Trinajstić information content (AvgIpc) is 2.76. The van der Waals surface area contributed by atoms with Gasteiger partial charge in [-0.25, -0.2) is 13.1 Å². The first-order chi connectivity index (χ1) is 16.2. The number of ether oxygens (including phenoxy) is 1. The van der Waals surface area contributed by atoms with Crippen molar-refractivity contribution < 1.29 is 41.6 Å². The van der Waals surface area contributed by atoms with Crippen LogP contribution in [-0.4, -0.2) is 66.1 Å². The van der Waals surface area contributed by atoms with Crippen LogP contribution >= 0.6 is 0 Å². The fourth-order valence-corrected chi connectivity index (χ4v) is 5.16. The molecule has 0 aliphatic heterocycles. The average molecular weight is 630 g/mol. The van der Waals surface area contributed by atoms with Crippen LogP contribution < -0.4 is 28.7 Å². The number of nitrogens with zero attached hydrogens (tertiary/aromatic N) is 2. The topological polar surface area (TPSA) is 79.2 Å². The zero-order chi connectivity index (χ0) is 25.5. The minimum Gasteiger partial charge on any atom is -1.00 e. The summed E-state index contributed by atoms with van der Waals surface area (Å²) in [6.07, 6.45) is 19.6. The molecule has 0 spiro atoms. The Morgan fingerprint density at radius 1 is 0.829 bits per heavy atom. The summed E-state index contributed by atoms with van der Waals surface area (Å²) in [5.74, 6) is 0.0339. The molecule has 0 saturated heterocycles. The van der Waals surface area contributed by atoms with Crippen molar-refractivity contribution in [3.05, 3.63) is 0 Å². The standard InChI is InChI=1S/C27H56N3O3S.HI/c1-5-6-7-8-9-10-11-12-13-14-15-16-17-18-23-33-26-27(20-21-28)25-29-34(31,32)24-19-22-30(2,3)4;/h27,29H,5-20,22-26H2,1-4H3;1H/q+1;/p-1. The minimum absolute atomic E-state index is 0. The van der Waals surface area contributed by atoms with Gasteiger partial charge < -0.3 is 33.2 Å². The van der Waals surface area contributed by atoms with Crippen molar-refractivity contribution >= 4 is 10.0 Å². The van der Waals surface area contributed by atoms with E-state index in [1.54, 1.807) is 0 Å². The van der Waals surface area contributed by atoms with Gasteiger partial charge >= 0.3 is 0 Å². The summed E-state index contributed by atoms with van der Waals surface area (Å²) in [5, 5.41) is 9.05. The van der Waals surface area contributed by atoms with Crippen molar-refractivity contribution in [1.82, 2.24) is 4.72 Å². The van der Waals surface area contributed by atoms with E-state index in [1.165, 1.54) is 83.5 Å². The van der Waals surface area contributed by atoms with Crippen molar-refractivity contribution in [1.29, 1.82) is 5.26 Å². The highest BCUT2D eigenvalue weighted by atomic mass is 127. The van der Waals surface area contributed by atoms with Crippen LogP contribution in [0.5, 0.6) is 0 Å².